The fraction of sp³-hybridized carbons (Fsp3) is 0.125. The second kappa shape index (κ2) is 5.38. The van der Waals surface area contributed by atoms with Crippen LogP contribution >= 0.6 is 0 Å². The molecule has 0 spiro atoms. The minimum absolute atomic E-state index is 0.189. The van der Waals surface area contributed by atoms with Crippen LogP contribution in [0, 0.1) is 6.92 Å². The van der Waals surface area contributed by atoms with Gasteiger partial charge in [-0.2, -0.15) is 0 Å². The first-order valence-corrected chi connectivity index (χ1v) is 6.62. The average Bonchev–Trinajstić information content (AvgIpc) is 2.89. The highest BCUT2D eigenvalue weighted by atomic mass is 16.5. The maximum atomic E-state index is 11.5. The first-order valence-electron chi connectivity index (χ1n) is 6.62. The van der Waals surface area contributed by atoms with Gasteiger partial charge in [-0.05, 0) is 24.6 Å². The van der Waals surface area contributed by atoms with Gasteiger partial charge in [0.05, 0.1) is 5.52 Å². The molecule has 106 valence electrons. The molecule has 21 heavy (non-hydrogen) atoms. The number of fused-ring (bicyclic) bond motifs is 1. The third kappa shape index (κ3) is 2.64. The van der Waals surface area contributed by atoms with E-state index in [0.717, 1.165) is 17.4 Å². The zero-order valence-electron chi connectivity index (χ0n) is 11.6. The molecule has 3 rings (SSSR count). The summed E-state index contributed by atoms with van der Waals surface area (Å²) in [6.07, 6.45) is 3.60. The molecule has 0 aliphatic rings. The molecule has 0 atom stereocenters. The van der Waals surface area contributed by atoms with Crippen molar-refractivity contribution >= 4 is 16.8 Å². The number of hydrogen-bond donors (Lipinski definition) is 2. The van der Waals surface area contributed by atoms with Crippen LogP contribution in [-0.4, -0.2) is 20.7 Å². The second-order valence-electron chi connectivity index (χ2n) is 5.00. The molecule has 0 fully saturated rings. The Bertz CT molecular complexity index is 808. The molecule has 0 aliphatic heterocycles. The van der Waals surface area contributed by atoms with E-state index in [1.165, 1.54) is 11.1 Å². The second-order valence-corrected chi connectivity index (χ2v) is 5.00. The van der Waals surface area contributed by atoms with Gasteiger partial charge in [-0.1, -0.05) is 29.8 Å². The van der Waals surface area contributed by atoms with Crippen LogP contribution in [0.5, 0.6) is 0 Å². The van der Waals surface area contributed by atoms with Gasteiger partial charge >= 0.3 is 0 Å². The number of pyridine rings is 1. The highest BCUT2D eigenvalue weighted by molar-refractivity contribution is 5.95. The number of nitrogens with one attached hydrogen (secondary N) is 1. The van der Waals surface area contributed by atoms with Crippen molar-refractivity contribution in [1.82, 2.24) is 15.0 Å². The summed E-state index contributed by atoms with van der Waals surface area (Å²) >= 11 is 0. The van der Waals surface area contributed by atoms with Crippen LogP contribution in [0.1, 0.15) is 21.6 Å². The number of nitrogens with zero attached hydrogens (tertiary/aromatic N) is 2. The highest BCUT2D eigenvalue weighted by Gasteiger charge is 2.09. The van der Waals surface area contributed by atoms with Crippen molar-refractivity contribution in [3.05, 3.63) is 65.6 Å². The topological polar surface area (TPSA) is 67.2 Å². The van der Waals surface area contributed by atoms with Crippen molar-refractivity contribution in [3.8, 4) is 0 Å². The first kappa shape index (κ1) is 13.3. The van der Waals surface area contributed by atoms with E-state index in [1.54, 1.807) is 17.7 Å². The lowest BCUT2D eigenvalue weighted by atomic mass is 10.1. The molecular formula is C16H15N3O2. The molecule has 2 aromatic heterocycles. The normalized spacial score (nSPS) is 10.8. The number of aryl methyl sites for hydroxylation is 1. The van der Waals surface area contributed by atoms with Crippen LogP contribution in [0.25, 0.3) is 10.9 Å². The largest absolute Gasteiger partial charge is 0.343 e. The van der Waals surface area contributed by atoms with E-state index >= 15 is 0 Å². The average molecular weight is 281 g/mol. The number of rotatable bonds is 3. The molecule has 0 radical (unpaired) electrons. The van der Waals surface area contributed by atoms with E-state index in [4.69, 9.17) is 5.21 Å². The number of aromatic nitrogens is 2. The smallest absolute Gasteiger partial charge is 0.293 e. The van der Waals surface area contributed by atoms with Gasteiger partial charge in [-0.15, -0.1) is 0 Å². The highest BCUT2D eigenvalue weighted by Crippen LogP contribution is 2.18. The molecule has 2 N–H and O–H groups in total. The van der Waals surface area contributed by atoms with Crippen molar-refractivity contribution in [3.63, 3.8) is 0 Å². The van der Waals surface area contributed by atoms with Gasteiger partial charge in [-0.25, -0.2) is 5.48 Å². The van der Waals surface area contributed by atoms with Crippen molar-refractivity contribution < 1.29 is 10.0 Å². The van der Waals surface area contributed by atoms with E-state index in [0.29, 0.717) is 0 Å². The summed E-state index contributed by atoms with van der Waals surface area (Å²) in [5, 5.41) is 9.66. The number of carbonyl (C=O) groups is 1. The summed E-state index contributed by atoms with van der Waals surface area (Å²) in [5.74, 6) is -0.611. The molecule has 3 aromatic rings. The molecular weight excluding hydrogens is 266 g/mol. The fourth-order valence-electron chi connectivity index (χ4n) is 2.41. The Hall–Kier alpha value is -2.66. The maximum Gasteiger partial charge on any atom is 0.293 e. The van der Waals surface area contributed by atoms with Gasteiger partial charge in [-0.3, -0.25) is 15.0 Å². The summed E-state index contributed by atoms with van der Waals surface area (Å²) < 4.78 is 2.06. The predicted molar refractivity (Wildman–Crippen MR) is 79.3 cm³/mol. The van der Waals surface area contributed by atoms with Gasteiger partial charge < -0.3 is 4.57 Å². The Labute approximate surface area is 121 Å². The van der Waals surface area contributed by atoms with Gasteiger partial charge in [0, 0.05) is 24.3 Å². The minimum Gasteiger partial charge on any atom is -0.343 e. The maximum absolute atomic E-state index is 11.5. The van der Waals surface area contributed by atoms with E-state index in [9.17, 15) is 4.79 Å². The Kier molecular flexibility index (Phi) is 3.41. The standard InChI is InChI=1S/C16H15N3O2/c1-11-3-2-4-12(7-11)10-19-6-5-13-9-17-14(8-15(13)19)16(20)18-21/h2-9,21H,10H2,1H3,(H,18,20). The van der Waals surface area contributed by atoms with Crippen molar-refractivity contribution in [2.24, 2.45) is 0 Å². The quantitative estimate of drug-likeness (QED) is 0.572. The van der Waals surface area contributed by atoms with Gasteiger partial charge in [0.25, 0.3) is 5.91 Å². The van der Waals surface area contributed by atoms with Crippen LogP contribution in [0.3, 0.4) is 0 Å². The lowest BCUT2D eigenvalue weighted by molar-refractivity contribution is 0.0701. The Morgan fingerprint density at radius 1 is 1.33 bits per heavy atom. The third-order valence-electron chi connectivity index (χ3n) is 3.42. The van der Waals surface area contributed by atoms with E-state index < -0.39 is 5.91 Å². The minimum atomic E-state index is -0.611. The molecule has 0 bridgehead atoms. The SMILES string of the molecule is Cc1cccc(Cn2ccc3cnc(C(=O)NO)cc32)c1. The molecule has 0 saturated carbocycles. The van der Waals surface area contributed by atoms with E-state index in [2.05, 4.69) is 34.7 Å². The number of carbonyl (C=O) groups excluding carboxylic acids is 1. The van der Waals surface area contributed by atoms with Crippen LogP contribution in [-0.2, 0) is 6.54 Å². The lowest BCUT2D eigenvalue weighted by Gasteiger charge is -2.07. The van der Waals surface area contributed by atoms with Gasteiger partial charge in [0.2, 0.25) is 0 Å². The number of benzene rings is 1. The van der Waals surface area contributed by atoms with Gasteiger partial charge in [0.15, 0.2) is 0 Å². The summed E-state index contributed by atoms with van der Waals surface area (Å²) in [4.78, 5) is 15.5. The summed E-state index contributed by atoms with van der Waals surface area (Å²) in [6, 6.07) is 11.9. The summed E-state index contributed by atoms with van der Waals surface area (Å²) in [5.41, 5.74) is 5.11. The van der Waals surface area contributed by atoms with Crippen LogP contribution in [0.15, 0.2) is 48.8 Å². The van der Waals surface area contributed by atoms with Crippen molar-refractivity contribution in [2.75, 3.05) is 0 Å². The summed E-state index contributed by atoms with van der Waals surface area (Å²) in [6.45, 7) is 2.78. The Balaban J connectivity index is 2.00. The van der Waals surface area contributed by atoms with Crippen LogP contribution in [0.2, 0.25) is 0 Å². The molecule has 0 aliphatic carbocycles. The number of hydrogen-bond acceptors (Lipinski definition) is 3. The first-order chi connectivity index (χ1) is 10.2. The molecule has 5 heteroatoms. The van der Waals surface area contributed by atoms with E-state index in [-0.39, 0.29) is 5.69 Å². The Morgan fingerprint density at radius 2 is 2.19 bits per heavy atom. The fourth-order valence-corrected chi connectivity index (χ4v) is 2.41. The Morgan fingerprint density at radius 3 is 2.95 bits per heavy atom. The molecule has 1 aromatic carbocycles. The third-order valence-corrected chi connectivity index (χ3v) is 3.42. The zero-order chi connectivity index (χ0) is 14.8. The molecule has 2 heterocycles. The monoisotopic (exact) mass is 281 g/mol. The lowest BCUT2D eigenvalue weighted by Crippen LogP contribution is -2.19. The van der Waals surface area contributed by atoms with Gasteiger partial charge in [0.1, 0.15) is 5.69 Å². The summed E-state index contributed by atoms with van der Waals surface area (Å²) in [7, 11) is 0. The number of amides is 1. The van der Waals surface area contributed by atoms with Crippen LogP contribution < -0.4 is 5.48 Å². The molecule has 0 saturated heterocycles. The molecule has 0 unspecified atom stereocenters. The predicted octanol–water partition coefficient (Wildman–Crippen LogP) is 2.51. The van der Waals surface area contributed by atoms with Crippen molar-refractivity contribution in [2.45, 2.75) is 13.5 Å². The number of hydroxylamine groups is 1. The molecule has 5 nitrogen and oxygen atoms in total. The zero-order valence-corrected chi connectivity index (χ0v) is 11.6. The van der Waals surface area contributed by atoms with Crippen molar-refractivity contribution in [1.29, 1.82) is 0 Å². The van der Waals surface area contributed by atoms with E-state index in [1.807, 2.05) is 18.3 Å². The molecule has 1 amide bonds. The van der Waals surface area contributed by atoms with Crippen LogP contribution in [0.4, 0.5) is 0 Å².